The number of amides is 1. The number of aromatic nitrogens is 3. The van der Waals surface area contributed by atoms with Gasteiger partial charge >= 0.3 is 6.16 Å². The molecular weight excluding hydrogens is 670 g/mol. The summed E-state index contributed by atoms with van der Waals surface area (Å²) in [6, 6.07) is -0.290. The Labute approximate surface area is 317 Å². The van der Waals surface area contributed by atoms with E-state index in [0.717, 1.165) is 32.1 Å². The van der Waals surface area contributed by atoms with Crippen LogP contribution in [0, 0.1) is 56.2 Å². The van der Waals surface area contributed by atoms with E-state index < -0.39 is 28.6 Å². The predicted molar refractivity (Wildman–Crippen MR) is 204 cm³/mol. The van der Waals surface area contributed by atoms with Crippen molar-refractivity contribution in [2.24, 2.45) is 61.9 Å². The molecule has 0 spiro atoms. The van der Waals surface area contributed by atoms with E-state index in [1.54, 1.807) is 0 Å². The van der Waals surface area contributed by atoms with Gasteiger partial charge in [-0.2, -0.15) is 5.10 Å². The Morgan fingerprint density at radius 1 is 1.09 bits per heavy atom. The summed E-state index contributed by atoms with van der Waals surface area (Å²) in [5.41, 5.74) is 5.98. The predicted octanol–water partition coefficient (Wildman–Crippen LogP) is 7.67. The molecule has 4 fully saturated rings. The van der Waals surface area contributed by atoms with Gasteiger partial charge in [-0.15, -0.1) is 0 Å². The average molecular weight is 740 g/mol. The highest BCUT2D eigenvalue weighted by Crippen LogP contribution is 2.74. The van der Waals surface area contributed by atoms with Crippen LogP contribution in [0.3, 0.4) is 0 Å². The third kappa shape index (κ3) is 5.91. The molecule has 6 rings (SSSR count). The Bertz CT molecular complexity index is 1600. The second kappa shape index (κ2) is 13.3. The molecule has 53 heavy (non-hydrogen) atoms. The minimum Gasteiger partial charge on any atom is -0.450 e. The van der Waals surface area contributed by atoms with Crippen LogP contribution in [0.2, 0.25) is 0 Å². The van der Waals surface area contributed by atoms with Gasteiger partial charge in [-0.25, -0.2) is 14.5 Å². The van der Waals surface area contributed by atoms with Gasteiger partial charge in [-0.05, 0) is 86.9 Å². The smallest absolute Gasteiger partial charge is 0.450 e. The summed E-state index contributed by atoms with van der Waals surface area (Å²) in [7, 11) is 0. The van der Waals surface area contributed by atoms with Gasteiger partial charge in [0.05, 0.1) is 32.0 Å². The van der Waals surface area contributed by atoms with E-state index in [9.17, 15) is 14.7 Å². The molecule has 2 bridgehead atoms. The van der Waals surface area contributed by atoms with Crippen LogP contribution in [0.4, 0.5) is 4.79 Å². The van der Waals surface area contributed by atoms with Crippen molar-refractivity contribution >= 4 is 12.1 Å². The topological polar surface area (TPSA) is 151 Å². The number of carbonyl (C=O) groups is 2. The van der Waals surface area contributed by atoms with Crippen molar-refractivity contribution < 1.29 is 28.9 Å². The fraction of sp³-hybridized carbons (Fsp3) is 0.857. The van der Waals surface area contributed by atoms with Gasteiger partial charge in [0, 0.05) is 33.7 Å². The van der Waals surface area contributed by atoms with Gasteiger partial charge in [-0.1, -0.05) is 80.9 Å². The molecule has 4 aliphatic carbocycles. The van der Waals surface area contributed by atoms with E-state index in [1.165, 1.54) is 11.9 Å². The Morgan fingerprint density at radius 2 is 1.79 bits per heavy atom. The number of allylic oxidation sites excluding steroid dienone is 1. The molecule has 0 aromatic carbocycles. The maximum atomic E-state index is 13.5. The number of hydrogen-bond acceptors (Lipinski definition) is 8. The summed E-state index contributed by atoms with van der Waals surface area (Å²) < 4.78 is 21.8. The van der Waals surface area contributed by atoms with Gasteiger partial charge in [0.1, 0.15) is 12.4 Å². The molecule has 1 saturated heterocycles. The Hall–Kier alpha value is -2.50. The van der Waals surface area contributed by atoms with Crippen molar-refractivity contribution in [1.29, 1.82) is 0 Å². The van der Waals surface area contributed by atoms with E-state index in [1.807, 2.05) is 11.6 Å². The van der Waals surface area contributed by atoms with E-state index in [-0.39, 0.29) is 57.5 Å². The first-order valence-corrected chi connectivity index (χ1v) is 20.3. The van der Waals surface area contributed by atoms with Crippen LogP contribution in [0.25, 0.3) is 0 Å². The first kappa shape index (κ1) is 40.2. The van der Waals surface area contributed by atoms with E-state index in [4.69, 9.17) is 25.0 Å². The fourth-order valence-corrected chi connectivity index (χ4v) is 12.2. The number of carboxylic acid groups (broad SMARTS) is 1. The number of rotatable bonds is 9. The minimum absolute atomic E-state index is 0.197. The van der Waals surface area contributed by atoms with Crippen LogP contribution in [-0.4, -0.2) is 76.0 Å². The summed E-state index contributed by atoms with van der Waals surface area (Å²) in [5, 5.41) is 17.9. The molecule has 298 valence electrons. The molecular formula is C42H69N5O6. The monoisotopic (exact) mass is 740 g/mol. The van der Waals surface area contributed by atoms with Gasteiger partial charge in [-0.3, -0.25) is 4.79 Å². The van der Waals surface area contributed by atoms with Crippen molar-refractivity contribution in [3.63, 3.8) is 0 Å². The second-order valence-electron chi connectivity index (χ2n) is 20.4. The Morgan fingerprint density at radius 3 is 2.42 bits per heavy atom. The summed E-state index contributed by atoms with van der Waals surface area (Å²) in [6.45, 7) is 28.4. The van der Waals surface area contributed by atoms with Crippen molar-refractivity contribution in [2.75, 3.05) is 26.4 Å². The molecule has 0 radical (unpaired) electrons. The highest BCUT2D eigenvalue weighted by molar-refractivity contribution is 5.90. The highest BCUT2D eigenvalue weighted by atomic mass is 16.7. The lowest BCUT2D eigenvalue weighted by Crippen LogP contribution is -2.70. The zero-order chi connectivity index (χ0) is 39.2. The molecule has 3 saturated carbocycles. The van der Waals surface area contributed by atoms with E-state index in [2.05, 4.69) is 92.5 Å². The number of nitrogens with one attached hydrogen (secondary N) is 1. The van der Waals surface area contributed by atoms with Crippen molar-refractivity contribution in [2.45, 2.75) is 145 Å². The molecule has 4 N–H and O–H groups in total. The summed E-state index contributed by atoms with van der Waals surface area (Å²) >= 11 is 0. The SMILES string of the molecule is CCNC(=O)c1ncnn1[C@@H]1C[C@@]23COC[C@](C)([C@@H]2CC[C@H]2C3=CC[C@]3(C)[C@H](OC(=O)O)[C@@](C)([C@H](C)C(C)C)CC[C@]23C)[C@H]1OC[C@](C)(N)C(C)(C)C. The highest BCUT2D eigenvalue weighted by Gasteiger charge is 2.72. The number of nitrogens with zero attached hydrogens (tertiary/aromatic N) is 3. The van der Waals surface area contributed by atoms with Crippen LogP contribution in [0.1, 0.15) is 138 Å². The third-order valence-electron chi connectivity index (χ3n) is 16.6. The molecule has 11 heteroatoms. The molecule has 11 nitrogen and oxygen atoms in total. The molecule has 1 aromatic heterocycles. The maximum Gasteiger partial charge on any atom is 0.506 e. The first-order chi connectivity index (χ1) is 24.5. The summed E-state index contributed by atoms with van der Waals surface area (Å²) in [6.07, 6.45) is 7.34. The van der Waals surface area contributed by atoms with Gasteiger partial charge < -0.3 is 30.4 Å². The lowest BCUT2D eigenvalue weighted by molar-refractivity contribution is -0.257. The number of fused-ring (bicyclic) bond motifs is 3. The van der Waals surface area contributed by atoms with Gasteiger partial charge in [0.15, 0.2) is 0 Å². The Balaban J connectivity index is 1.47. The second-order valence-corrected chi connectivity index (χ2v) is 20.4. The third-order valence-corrected chi connectivity index (χ3v) is 16.6. The Kier molecular flexibility index (Phi) is 10.1. The normalized spacial score (nSPS) is 41.2. The zero-order valence-corrected chi connectivity index (χ0v) is 34.7. The van der Waals surface area contributed by atoms with E-state index in [0.29, 0.717) is 44.5 Å². The lowest BCUT2D eigenvalue weighted by Gasteiger charge is -2.71. The van der Waals surface area contributed by atoms with Gasteiger partial charge in [0.2, 0.25) is 5.82 Å². The lowest BCUT2D eigenvalue weighted by atomic mass is 9.35. The van der Waals surface area contributed by atoms with Crippen LogP contribution in [0.5, 0.6) is 0 Å². The number of nitrogens with two attached hydrogens (primary N) is 1. The van der Waals surface area contributed by atoms with Crippen LogP contribution >= 0.6 is 0 Å². The molecule has 5 aliphatic rings. The fourth-order valence-electron chi connectivity index (χ4n) is 12.2. The van der Waals surface area contributed by atoms with Crippen molar-refractivity contribution in [1.82, 2.24) is 20.1 Å². The minimum atomic E-state index is -1.19. The van der Waals surface area contributed by atoms with Crippen LogP contribution < -0.4 is 11.1 Å². The standard InChI is InChI=1S/C42H69N5O6/c1-13-44-33(48)32-45-24-46-47(32)29-20-42-23-51-21-38(9,31(29)52-22-41(12,43)36(5,6)7)30(42)15-14-27-28(42)16-17-40(11)34(53-35(49)50)37(8,26(4)25(2)3)18-19-39(27,40)10/h16,24-27,29-31,34H,13-15,17-23,43H2,1-12H3,(H,44,48)(H,49,50)/t26-,27+,29-,30+,31+,34-,37-,38-,39-,40-,41+,42+/m1/s1. The number of hydrogen-bond donors (Lipinski definition) is 3. The van der Waals surface area contributed by atoms with E-state index >= 15 is 0 Å². The average Bonchev–Trinajstić information content (AvgIpc) is 3.56. The molecule has 12 atom stereocenters. The zero-order valence-electron chi connectivity index (χ0n) is 34.7. The maximum absolute atomic E-state index is 13.5. The van der Waals surface area contributed by atoms with Gasteiger partial charge in [0.25, 0.3) is 5.91 Å². The van der Waals surface area contributed by atoms with Crippen molar-refractivity contribution in [3.05, 3.63) is 23.8 Å². The van der Waals surface area contributed by atoms with Crippen molar-refractivity contribution in [3.8, 4) is 0 Å². The van der Waals surface area contributed by atoms with Crippen LogP contribution in [0.15, 0.2) is 18.0 Å². The molecule has 1 aliphatic heterocycles. The molecule has 0 unspecified atom stereocenters. The molecule has 1 amide bonds. The largest absolute Gasteiger partial charge is 0.506 e. The quantitative estimate of drug-likeness (QED) is 0.171. The summed E-state index contributed by atoms with van der Waals surface area (Å²) in [5.74, 6) is 1.22. The summed E-state index contributed by atoms with van der Waals surface area (Å²) in [4.78, 5) is 30.4. The molecule has 2 heterocycles. The first-order valence-electron chi connectivity index (χ1n) is 20.3. The molecule has 1 aromatic rings. The number of ether oxygens (including phenoxy) is 3. The van der Waals surface area contributed by atoms with Crippen LogP contribution in [-0.2, 0) is 14.2 Å². The number of carbonyl (C=O) groups excluding carboxylic acids is 1.